The van der Waals surface area contributed by atoms with E-state index in [4.69, 9.17) is 10.5 Å². The molecule has 1 saturated heterocycles. The number of likely N-dealkylation sites (tertiary alicyclic amines) is 1. The van der Waals surface area contributed by atoms with E-state index in [1.54, 1.807) is 13.3 Å². The number of imidazole rings is 1. The van der Waals surface area contributed by atoms with E-state index in [0.717, 1.165) is 12.4 Å². The molecule has 0 aliphatic carbocycles. The van der Waals surface area contributed by atoms with Crippen molar-refractivity contribution in [2.75, 3.05) is 13.7 Å². The Bertz CT molecular complexity index is 444. The molecule has 0 unspecified atom stereocenters. The third-order valence-corrected chi connectivity index (χ3v) is 3.68. The van der Waals surface area contributed by atoms with Gasteiger partial charge in [0.15, 0.2) is 0 Å². The van der Waals surface area contributed by atoms with Crippen LogP contribution in [0.3, 0.4) is 0 Å². The standard InChI is InChI=1S/C13H22N4O2/c1-9(2)17-5-4-15-12(17)8-16-7-10(19-3)6-11(16)13(14)18/h4-5,9-11H,6-8H2,1-3H3,(H2,14,18)/t10-,11-/m0/s1. The highest BCUT2D eigenvalue weighted by atomic mass is 16.5. The quantitative estimate of drug-likeness (QED) is 0.844. The van der Waals surface area contributed by atoms with Crippen LogP contribution >= 0.6 is 0 Å². The third-order valence-electron chi connectivity index (χ3n) is 3.68. The highest BCUT2D eigenvalue weighted by Crippen LogP contribution is 2.22. The first kappa shape index (κ1) is 14.0. The van der Waals surface area contributed by atoms with Gasteiger partial charge in [-0.2, -0.15) is 0 Å². The maximum Gasteiger partial charge on any atom is 0.234 e. The summed E-state index contributed by atoms with van der Waals surface area (Å²) in [5, 5.41) is 0. The van der Waals surface area contributed by atoms with E-state index >= 15 is 0 Å². The lowest BCUT2D eigenvalue weighted by atomic mass is 10.2. The smallest absolute Gasteiger partial charge is 0.234 e. The molecule has 19 heavy (non-hydrogen) atoms. The number of hydrogen-bond donors (Lipinski definition) is 1. The molecule has 0 saturated carbocycles. The molecule has 0 aromatic carbocycles. The molecule has 1 amide bonds. The summed E-state index contributed by atoms with van der Waals surface area (Å²) in [7, 11) is 1.67. The highest BCUT2D eigenvalue weighted by Gasteiger charge is 2.36. The second-order valence-electron chi connectivity index (χ2n) is 5.29. The molecule has 1 aromatic rings. The summed E-state index contributed by atoms with van der Waals surface area (Å²) in [5.74, 6) is 0.667. The summed E-state index contributed by atoms with van der Waals surface area (Å²) in [6.07, 6.45) is 4.48. The zero-order chi connectivity index (χ0) is 14.0. The summed E-state index contributed by atoms with van der Waals surface area (Å²) < 4.78 is 7.45. The first-order valence-corrected chi connectivity index (χ1v) is 6.60. The number of carbonyl (C=O) groups is 1. The zero-order valence-corrected chi connectivity index (χ0v) is 11.7. The fraction of sp³-hybridized carbons (Fsp3) is 0.692. The predicted octanol–water partition coefficient (Wildman–Crippen LogP) is 0.539. The Morgan fingerprint density at radius 3 is 2.95 bits per heavy atom. The molecule has 1 aliphatic rings. The van der Waals surface area contributed by atoms with Crippen molar-refractivity contribution in [3.8, 4) is 0 Å². The molecule has 106 valence electrons. The molecule has 0 spiro atoms. The summed E-state index contributed by atoms with van der Waals surface area (Å²) in [6.45, 7) is 5.56. The van der Waals surface area contributed by atoms with Crippen LogP contribution in [-0.2, 0) is 16.1 Å². The Morgan fingerprint density at radius 2 is 2.37 bits per heavy atom. The highest BCUT2D eigenvalue weighted by molar-refractivity contribution is 5.80. The van der Waals surface area contributed by atoms with Crippen molar-refractivity contribution in [1.29, 1.82) is 0 Å². The van der Waals surface area contributed by atoms with Crippen molar-refractivity contribution in [1.82, 2.24) is 14.5 Å². The summed E-state index contributed by atoms with van der Waals surface area (Å²) in [6, 6.07) is 0.0904. The minimum absolute atomic E-state index is 0.0694. The van der Waals surface area contributed by atoms with Crippen molar-refractivity contribution in [3.63, 3.8) is 0 Å². The number of methoxy groups -OCH3 is 1. The van der Waals surface area contributed by atoms with Crippen LogP contribution in [0.15, 0.2) is 12.4 Å². The Labute approximate surface area is 113 Å². The van der Waals surface area contributed by atoms with E-state index in [9.17, 15) is 4.79 Å². The number of nitrogens with two attached hydrogens (primary N) is 1. The van der Waals surface area contributed by atoms with E-state index in [2.05, 4.69) is 28.3 Å². The van der Waals surface area contributed by atoms with Crippen LogP contribution in [-0.4, -0.2) is 46.2 Å². The number of aromatic nitrogens is 2. The lowest BCUT2D eigenvalue weighted by Gasteiger charge is -2.22. The zero-order valence-electron chi connectivity index (χ0n) is 11.7. The van der Waals surface area contributed by atoms with Crippen LogP contribution in [0.2, 0.25) is 0 Å². The van der Waals surface area contributed by atoms with Crippen LogP contribution in [0.1, 0.15) is 32.1 Å². The first-order valence-electron chi connectivity index (χ1n) is 6.60. The minimum Gasteiger partial charge on any atom is -0.380 e. The monoisotopic (exact) mass is 266 g/mol. The van der Waals surface area contributed by atoms with Gasteiger partial charge in [0.05, 0.1) is 18.7 Å². The van der Waals surface area contributed by atoms with Crippen LogP contribution < -0.4 is 5.73 Å². The maximum absolute atomic E-state index is 11.5. The molecule has 6 nitrogen and oxygen atoms in total. The number of nitrogens with zero attached hydrogens (tertiary/aromatic N) is 3. The molecule has 6 heteroatoms. The largest absolute Gasteiger partial charge is 0.380 e. The number of hydrogen-bond acceptors (Lipinski definition) is 4. The Balaban J connectivity index is 2.12. The molecule has 1 aromatic heterocycles. The molecule has 1 fully saturated rings. The SMILES string of the molecule is CO[C@H]1C[C@@H](C(N)=O)N(Cc2nccn2C(C)C)C1. The molecule has 2 N–H and O–H groups in total. The summed E-state index contributed by atoms with van der Waals surface area (Å²) in [4.78, 5) is 17.9. The summed E-state index contributed by atoms with van der Waals surface area (Å²) in [5.41, 5.74) is 5.47. The van der Waals surface area contributed by atoms with E-state index < -0.39 is 0 Å². The Kier molecular flexibility index (Phi) is 4.21. The second kappa shape index (κ2) is 5.71. The Morgan fingerprint density at radius 1 is 1.63 bits per heavy atom. The minimum atomic E-state index is -0.290. The van der Waals surface area contributed by atoms with Gasteiger partial charge in [0.2, 0.25) is 5.91 Å². The van der Waals surface area contributed by atoms with Crippen molar-refractivity contribution in [3.05, 3.63) is 18.2 Å². The number of ether oxygens (including phenoxy) is 1. The van der Waals surface area contributed by atoms with Crippen molar-refractivity contribution >= 4 is 5.91 Å². The van der Waals surface area contributed by atoms with Gasteiger partial charge in [0.1, 0.15) is 5.82 Å². The molecule has 2 rings (SSSR count). The number of rotatable bonds is 5. The van der Waals surface area contributed by atoms with Gasteiger partial charge < -0.3 is 15.0 Å². The fourth-order valence-electron chi connectivity index (χ4n) is 2.62. The molecular weight excluding hydrogens is 244 g/mol. The molecule has 2 heterocycles. The molecule has 2 atom stereocenters. The Hall–Kier alpha value is -1.40. The molecule has 0 radical (unpaired) electrons. The van der Waals surface area contributed by atoms with Gasteiger partial charge in [0.25, 0.3) is 0 Å². The van der Waals surface area contributed by atoms with Gasteiger partial charge in [-0.25, -0.2) is 4.98 Å². The molecule has 1 aliphatic heterocycles. The predicted molar refractivity (Wildman–Crippen MR) is 71.4 cm³/mol. The second-order valence-corrected chi connectivity index (χ2v) is 5.29. The van der Waals surface area contributed by atoms with Gasteiger partial charge in [-0.3, -0.25) is 9.69 Å². The molecular formula is C13H22N4O2. The third kappa shape index (κ3) is 2.96. The summed E-state index contributed by atoms with van der Waals surface area (Å²) >= 11 is 0. The van der Waals surface area contributed by atoms with Crippen LogP contribution in [0.5, 0.6) is 0 Å². The number of primary amides is 1. The van der Waals surface area contributed by atoms with Crippen LogP contribution in [0.25, 0.3) is 0 Å². The van der Waals surface area contributed by atoms with Gasteiger partial charge in [-0.1, -0.05) is 0 Å². The van der Waals surface area contributed by atoms with Crippen molar-refractivity contribution in [2.45, 2.75) is 45.0 Å². The lowest BCUT2D eigenvalue weighted by molar-refractivity contribution is -0.122. The normalized spacial score (nSPS) is 24.2. The van der Waals surface area contributed by atoms with Gasteiger partial charge >= 0.3 is 0 Å². The van der Waals surface area contributed by atoms with Gasteiger partial charge in [0, 0.05) is 32.1 Å². The van der Waals surface area contributed by atoms with Crippen LogP contribution in [0, 0.1) is 0 Å². The van der Waals surface area contributed by atoms with Crippen LogP contribution in [0.4, 0.5) is 0 Å². The van der Waals surface area contributed by atoms with E-state index in [0.29, 0.717) is 19.0 Å². The van der Waals surface area contributed by atoms with Gasteiger partial charge in [-0.15, -0.1) is 0 Å². The first-order chi connectivity index (χ1) is 9.02. The topological polar surface area (TPSA) is 73.4 Å². The molecule has 0 bridgehead atoms. The maximum atomic E-state index is 11.5. The van der Waals surface area contributed by atoms with Crippen molar-refractivity contribution < 1.29 is 9.53 Å². The van der Waals surface area contributed by atoms with Gasteiger partial charge in [-0.05, 0) is 20.3 Å². The average Bonchev–Trinajstić information content (AvgIpc) is 2.95. The van der Waals surface area contributed by atoms with E-state index in [-0.39, 0.29) is 18.1 Å². The van der Waals surface area contributed by atoms with E-state index in [1.807, 2.05) is 6.20 Å². The lowest BCUT2D eigenvalue weighted by Crippen LogP contribution is -2.40. The van der Waals surface area contributed by atoms with E-state index in [1.165, 1.54) is 0 Å². The number of carbonyl (C=O) groups excluding carboxylic acids is 1. The number of amides is 1. The van der Waals surface area contributed by atoms with Crippen molar-refractivity contribution in [2.24, 2.45) is 5.73 Å². The fourth-order valence-corrected chi connectivity index (χ4v) is 2.62. The average molecular weight is 266 g/mol.